The molecule has 7 heteroatoms. The van der Waals surface area contributed by atoms with E-state index in [9.17, 15) is 5.11 Å². The Hall–Kier alpha value is -2.90. The molecule has 7 nitrogen and oxygen atoms in total. The number of para-hydroxylation sites is 1. The predicted molar refractivity (Wildman–Crippen MR) is 133 cm³/mol. The monoisotopic (exact) mass is 446 g/mol. The van der Waals surface area contributed by atoms with Gasteiger partial charge in [-0.2, -0.15) is 0 Å². The molecule has 4 heterocycles. The number of anilines is 1. The number of hydrogen-bond donors (Lipinski definition) is 2. The van der Waals surface area contributed by atoms with Gasteiger partial charge in [-0.3, -0.25) is 9.88 Å². The van der Waals surface area contributed by atoms with Crippen LogP contribution in [0.3, 0.4) is 0 Å². The second-order valence-electron chi connectivity index (χ2n) is 9.37. The van der Waals surface area contributed by atoms with Gasteiger partial charge < -0.3 is 19.9 Å². The quantitative estimate of drug-likeness (QED) is 0.541. The molecule has 1 fully saturated rings. The van der Waals surface area contributed by atoms with Crippen molar-refractivity contribution in [2.24, 2.45) is 0 Å². The highest BCUT2D eigenvalue weighted by atomic mass is 16.3. The van der Waals surface area contributed by atoms with Gasteiger partial charge in [-0.1, -0.05) is 24.3 Å². The topological polar surface area (TPSA) is 69.5 Å². The van der Waals surface area contributed by atoms with E-state index in [0.29, 0.717) is 18.3 Å². The van der Waals surface area contributed by atoms with Crippen molar-refractivity contribution in [3.05, 3.63) is 59.4 Å². The minimum absolute atomic E-state index is 0.225. The molecule has 0 radical (unpaired) electrons. The lowest BCUT2D eigenvalue weighted by molar-refractivity contribution is 0.191. The van der Waals surface area contributed by atoms with Crippen LogP contribution in [0.1, 0.15) is 29.8 Å². The molecule has 1 aromatic carbocycles. The molecule has 0 amide bonds. The second kappa shape index (κ2) is 9.53. The van der Waals surface area contributed by atoms with Gasteiger partial charge in [-0.05, 0) is 50.5 Å². The van der Waals surface area contributed by atoms with Gasteiger partial charge in [0, 0.05) is 51.0 Å². The predicted octanol–water partition coefficient (Wildman–Crippen LogP) is 3.55. The Morgan fingerprint density at radius 3 is 2.52 bits per heavy atom. The number of aryl methyl sites for hydroxylation is 2. The van der Waals surface area contributed by atoms with Crippen molar-refractivity contribution in [1.82, 2.24) is 24.3 Å². The summed E-state index contributed by atoms with van der Waals surface area (Å²) in [5, 5.41) is 14.1. The molecule has 2 N–H and O–H groups in total. The van der Waals surface area contributed by atoms with E-state index in [0.717, 1.165) is 80.3 Å². The summed E-state index contributed by atoms with van der Waals surface area (Å²) in [4.78, 5) is 14.6. The molecule has 0 aliphatic carbocycles. The Labute approximate surface area is 195 Å². The average molecular weight is 447 g/mol. The highest BCUT2D eigenvalue weighted by Crippen LogP contribution is 2.27. The number of nitrogens with one attached hydrogen (secondary N) is 1. The third kappa shape index (κ3) is 4.89. The van der Waals surface area contributed by atoms with Crippen molar-refractivity contribution in [3.8, 4) is 5.75 Å². The van der Waals surface area contributed by atoms with E-state index in [4.69, 9.17) is 4.98 Å². The van der Waals surface area contributed by atoms with Gasteiger partial charge in [0.25, 0.3) is 0 Å². The van der Waals surface area contributed by atoms with Crippen LogP contribution in [0.5, 0.6) is 5.75 Å². The van der Waals surface area contributed by atoms with Crippen molar-refractivity contribution >= 4 is 17.0 Å². The lowest BCUT2D eigenvalue weighted by atomic mass is 10.1. The van der Waals surface area contributed by atoms with Gasteiger partial charge in [0.15, 0.2) is 0 Å². The summed E-state index contributed by atoms with van der Waals surface area (Å²) in [7, 11) is 0. The Morgan fingerprint density at radius 2 is 1.73 bits per heavy atom. The van der Waals surface area contributed by atoms with Gasteiger partial charge in [0.1, 0.15) is 11.4 Å². The summed E-state index contributed by atoms with van der Waals surface area (Å²) >= 11 is 0. The third-order valence-corrected chi connectivity index (χ3v) is 6.93. The SMILES string of the molecule is Cc1ccc(O)c(Cn2c(NC3CCN(CCN4CC=CC4)CC3)nc3c(C)cccc32)n1. The van der Waals surface area contributed by atoms with Gasteiger partial charge >= 0.3 is 0 Å². The summed E-state index contributed by atoms with van der Waals surface area (Å²) in [6, 6.07) is 10.2. The average Bonchev–Trinajstić information content (AvgIpc) is 3.45. The van der Waals surface area contributed by atoms with Crippen LogP contribution in [0.4, 0.5) is 5.95 Å². The van der Waals surface area contributed by atoms with Crippen LogP contribution < -0.4 is 5.32 Å². The number of fused-ring (bicyclic) bond motifs is 1. The van der Waals surface area contributed by atoms with Crippen LogP contribution in [0.2, 0.25) is 0 Å². The number of imidazole rings is 1. The van der Waals surface area contributed by atoms with E-state index in [1.807, 2.05) is 13.0 Å². The number of likely N-dealkylation sites (tertiary alicyclic amines) is 1. The lowest BCUT2D eigenvalue weighted by Crippen LogP contribution is -2.42. The van der Waals surface area contributed by atoms with Gasteiger partial charge in [-0.25, -0.2) is 4.98 Å². The molecule has 0 bridgehead atoms. The fourth-order valence-corrected chi connectivity index (χ4v) is 4.90. The van der Waals surface area contributed by atoms with Crippen molar-refractivity contribution in [2.75, 3.05) is 44.6 Å². The Morgan fingerprint density at radius 1 is 0.970 bits per heavy atom. The first-order chi connectivity index (χ1) is 16.1. The third-order valence-electron chi connectivity index (χ3n) is 6.93. The van der Waals surface area contributed by atoms with Crippen molar-refractivity contribution in [3.63, 3.8) is 0 Å². The zero-order valence-corrected chi connectivity index (χ0v) is 19.7. The summed E-state index contributed by atoms with van der Waals surface area (Å²) < 4.78 is 2.16. The lowest BCUT2D eigenvalue weighted by Gasteiger charge is -2.33. The normalized spacial score (nSPS) is 17.9. The van der Waals surface area contributed by atoms with E-state index in [2.05, 4.69) is 61.9 Å². The van der Waals surface area contributed by atoms with Crippen LogP contribution in [-0.4, -0.2) is 74.8 Å². The molecule has 2 aliphatic heterocycles. The van der Waals surface area contributed by atoms with Crippen LogP contribution in [-0.2, 0) is 6.54 Å². The number of piperidine rings is 1. The highest BCUT2D eigenvalue weighted by molar-refractivity contribution is 5.82. The number of aromatic hydroxyl groups is 1. The molecule has 0 saturated carbocycles. The van der Waals surface area contributed by atoms with E-state index >= 15 is 0 Å². The zero-order chi connectivity index (χ0) is 22.8. The maximum Gasteiger partial charge on any atom is 0.204 e. The molecule has 5 rings (SSSR count). The van der Waals surface area contributed by atoms with E-state index in [1.54, 1.807) is 6.07 Å². The molecule has 1 saturated heterocycles. The molecule has 0 unspecified atom stereocenters. The molecule has 0 atom stereocenters. The van der Waals surface area contributed by atoms with Crippen LogP contribution >= 0.6 is 0 Å². The van der Waals surface area contributed by atoms with Crippen molar-refractivity contribution < 1.29 is 5.11 Å². The number of rotatable bonds is 7. The number of benzene rings is 1. The number of nitrogens with zero attached hydrogens (tertiary/aromatic N) is 5. The smallest absolute Gasteiger partial charge is 0.204 e. The minimum atomic E-state index is 0.225. The maximum absolute atomic E-state index is 10.4. The molecule has 2 aromatic heterocycles. The Kier molecular flexibility index (Phi) is 6.33. The summed E-state index contributed by atoms with van der Waals surface area (Å²) in [5.74, 6) is 1.09. The summed E-state index contributed by atoms with van der Waals surface area (Å²) in [5.41, 5.74) is 4.79. The van der Waals surface area contributed by atoms with Gasteiger partial charge in [0.2, 0.25) is 5.95 Å². The molecular weight excluding hydrogens is 412 g/mol. The van der Waals surface area contributed by atoms with Crippen LogP contribution in [0.25, 0.3) is 11.0 Å². The van der Waals surface area contributed by atoms with E-state index in [-0.39, 0.29) is 5.75 Å². The van der Waals surface area contributed by atoms with Crippen molar-refractivity contribution in [1.29, 1.82) is 0 Å². The largest absolute Gasteiger partial charge is 0.506 e. The fraction of sp³-hybridized carbons (Fsp3) is 0.462. The highest BCUT2D eigenvalue weighted by Gasteiger charge is 2.23. The zero-order valence-electron chi connectivity index (χ0n) is 19.7. The number of pyridine rings is 1. The molecule has 0 spiro atoms. The Bertz CT molecular complexity index is 1140. The van der Waals surface area contributed by atoms with Gasteiger partial charge in [0.05, 0.1) is 17.6 Å². The fourth-order valence-electron chi connectivity index (χ4n) is 4.90. The maximum atomic E-state index is 10.4. The first-order valence-corrected chi connectivity index (χ1v) is 12.0. The van der Waals surface area contributed by atoms with E-state index < -0.39 is 0 Å². The first-order valence-electron chi connectivity index (χ1n) is 12.0. The molecular formula is C26H34N6O. The van der Waals surface area contributed by atoms with Gasteiger partial charge in [-0.15, -0.1) is 0 Å². The second-order valence-corrected chi connectivity index (χ2v) is 9.37. The first kappa shape index (κ1) is 21.9. The van der Waals surface area contributed by atoms with Crippen LogP contribution in [0.15, 0.2) is 42.5 Å². The number of aromatic nitrogens is 3. The summed E-state index contributed by atoms with van der Waals surface area (Å²) in [6.07, 6.45) is 6.73. The molecule has 3 aromatic rings. The van der Waals surface area contributed by atoms with E-state index in [1.165, 1.54) is 0 Å². The van der Waals surface area contributed by atoms with Crippen LogP contribution in [0, 0.1) is 13.8 Å². The minimum Gasteiger partial charge on any atom is -0.506 e. The van der Waals surface area contributed by atoms with Crippen molar-refractivity contribution in [2.45, 2.75) is 39.3 Å². The Balaban J connectivity index is 1.30. The molecule has 2 aliphatic rings. The molecule has 174 valence electrons. The number of hydrogen-bond acceptors (Lipinski definition) is 6. The molecule has 33 heavy (non-hydrogen) atoms. The standard InChI is InChI=1S/C26H34N6O/c1-19-6-5-7-23-25(19)29-26(32(23)18-22-24(33)9-8-20(2)27-22)28-21-10-14-31(15-11-21)17-16-30-12-3-4-13-30/h3-9,21,33H,10-18H2,1-2H3,(H,28,29). The summed E-state index contributed by atoms with van der Waals surface area (Å²) in [6.45, 7) is 11.2.